The van der Waals surface area contributed by atoms with Crippen LogP contribution in [-0.4, -0.2) is 34.3 Å². The molecule has 138 valence electrons. The lowest BCUT2D eigenvalue weighted by Crippen LogP contribution is -2.25. The molecule has 0 unspecified atom stereocenters. The summed E-state index contributed by atoms with van der Waals surface area (Å²) < 4.78 is 12.9. The predicted molar refractivity (Wildman–Crippen MR) is 95.8 cm³/mol. The summed E-state index contributed by atoms with van der Waals surface area (Å²) >= 11 is 0. The van der Waals surface area contributed by atoms with Crippen molar-refractivity contribution >= 4 is 11.6 Å². The summed E-state index contributed by atoms with van der Waals surface area (Å²) in [6, 6.07) is 10.4. The highest BCUT2D eigenvalue weighted by atomic mass is 16.5. The molecule has 0 spiro atoms. The van der Waals surface area contributed by atoms with Crippen LogP contribution < -0.4 is 20.5 Å². The van der Waals surface area contributed by atoms with E-state index in [0.717, 1.165) is 10.2 Å². The molecule has 0 aliphatic carbocycles. The highest BCUT2D eigenvalue weighted by Crippen LogP contribution is 2.30. The maximum absolute atomic E-state index is 12.5. The summed E-state index contributed by atoms with van der Waals surface area (Å²) in [7, 11) is 3.07. The van der Waals surface area contributed by atoms with E-state index in [1.54, 1.807) is 31.4 Å². The molecule has 0 fully saturated rings. The van der Waals surface area contributed by atoms with Crippen LogP contribution in [0.25, 0.3) is 5.65 Å². The van der Waals surface area contributed by atoms with Crippen LogP contribution in [-0.2, 0) is 13.1 Å². The zero-order valence-corrected chi connectivity index (χ0v) is 14.8. The van der Waals surface area contributed by atoms with Gasteiger partial charge in [0.05, 0.1) is 25.9 Å². The summed E-state index contributed by atoms with van der Waals surface area (Å²) in [5.74, 6) is 0.758. The fourth-order valence-corrected chi connectivity index (χ4v) is 2.69. The molecule has 0 bridgehead atoms. The summed E-state index contributed by atoms with van der Waals surface area (Å²) in [6.45, 7) is 0.0670. The van der Waals surface area contributed by atoms with E-state index >= 15 is 0 Å². The first-order valence-electron chi connectivity index (χ1n) is 8.03. The van der Waals surface area contributed by atoms with E-state index < -0.39 is 5.69 Å². The first-order chi connectivity index (χ1) is 13.1. The number of pyridine rings is 1. The molecule has 0 atom stereocenters. The number of aromatic nitrogens is 3. The molecule has 3 aromatic rings. The molecule has 0 saturated carbocycles. The van der Waals surface area contributed by atoms with Crippen molar-refractivity contribution in [3.63, 3.8) is 0 Å². The first kappa shape index (κ1) is 18.0. The second kappa shape index (κ2) is 7.61. The number of para-hydroxylation sites is 1. The lowest BCUT2D eigenvalue weighted by atomic mass is 10.1. The van der Waals surface area contributed by atoms with Crippen LogP contribution in [0.5, 0.6) is 11.5 Å². The fraction of sp³-hybridized carbons (Fsp3) is 0.222. The number of carbonyl (C=O) groups excluding carboxylic acids is 1. The molecule has 27 heavy (non-hydrogen) atoms. The van der Waals surface area contributed by atoms with Gasteiger partial charge in [0.1, 0.15) is 6.54 Å². The number of nitrogens with one attached hydrogen (secondary N) is 1. The Morgan fingerprint density at radius 1 is 1.26 bits per heavy atom. The normalized spacial score (nSPS) is 10.4. The highest BCUT2D eigenvalue weighted by molar-refractivity contribution is 5.94. The third-order valence-corrected chi connectivity index (χ3v) is 3.98. The van der Waals surface area contributed by atoms with Crippen molar-refractivity contribution in [2.45, 2.75) is 13.1 Å². The maximum Gasteiger partial charge on any atom is 0.351 e. The van der Waals surface area contributed by atoms with Gasteiger partial charge in [-0.15, -0.1) is 5.10 Å². The second-order valence-corrected chi connectivity index (χ2v) is 5.58. The largest absolute Gasteiger partial charge is 0.493 e. The molecule has 0 radical (unpaired) electrons. The Morgan fingerprint density at radius 2 is 2.07 bits per heavy atom. The molecular weight excluding hydrogens is 350 g/mol. The molecule has 9 heteroatoms. The van der Waals surface area contributed by atoms with E-state index in [1.165, 1.54) is 17.7 Å². The van der Waals surface area contributed by atoms with E-state index in [-0.39, 0.29) is 19.0 Å². The molecule has 2 aromatic heterocycles. The van der Waals surface area contributed by atoms with Crippen molar-refractivity contribution in [1.29, 1.82) is 5.26 Å². The van der Waals surface area contributed by atoms with Gasteiger partial charge in [0, 0.05) is 18.3 Å². The number of carbonyl (C=O) groups is 1. The van der Waals surface area contributed by atoms with Crippen molar-refractivity contribution in [3.8, 4) is 17.6 Å². The lowest BCUT2D eigenvalue weighted by molar-refractivity contribution is 0.0950. The standard InChI is InChI=1S/C18H17N5O4/c1-26-14-5-3-4-12(16(14)27-2)10-20-17(24)13-6-7-15-21-23(9-8-19)18(25)22(15)11-13/h3-7,11H,9-10H2,1-2H3,(H,20,24). The van der Waals surface area contributed by atoms with Crippen LogP contribution in [0.2, 0.25) is 0 Å². The van der Waals surface area contributed by atoms with E-state index in [0.29, 0.717) is 22.7 Å². The molecular formula is C18H17N5O4. The third-order valence-electron chi connectivity index (χ3n) is 3.98. The van der Waals surface area contributed by atoms with Gasteiger partial charge in [-0.25, -0.2) is 9.20 Å². The zero-order valence-electron chi connectivity index (χ0n) is 14.8. The Morgan fingerprint density at radius 3 is 2.78 bits per heavy atom. The van der Waals surface area contributed by atoms with Gasteiger partial charge < -0.3 is 14.8 Å². The van der Waals surface area contributed by atoms with Crippen molar-refractivity contribution in [2.24, 2.45) is 0 Å². The number of hydrogen-bond donors (Lipinski definition) is 1. The Labute approximate surface area is 154 Å². The molecule has 1 aromatic carbocycles. The second-order valence-electron chi connectivity index (χ2n) is 5.58. The zero-order chi connectivity index (χ0) is 19.4. The monoisotopic (exact) mass is 367 g/mol. The quantitative estimate of drug-likeness (QED) is 0.695. The number of hydrogen-bond acceptors (Lipinski definition) is 6. The number of methoxy groups -OCH3 is 2. The van der Waals surface area contributed by atoms with Gasteiger partial charge in [-0.05, 0) is 18.2 Å². The van der Waals surface area contributed by atoms with Crippen LogP contribution >= 0.6 is 0 Å². The average molecular weight is 367 g/mol. The number of rotatable bonds is 6. The number of nitrogens with zero attached hydrogens (tertiary/aromatic N) is 4. The Kier molecular flexibility index (Phi) is 5.08. The SMILES string of the molecule is COc1cccc(CNC(=O)c2ccc3nn(CC#N)c(=O)n3c2)c1OC. The number of ether oxygens (including phenoxy) is 2. The Hall–Kier alpha value is -3.80. The average Bonchev–Trinajstić information content (AvgIpc) is 3.01. The van der Waals surface area contributed by atoms with Crippen molar-refractivity contribution in [2.75, 3.05) is 14.2 Å². The van der Waals surface area contributed by atoms with Gasteiger partial charge in [0.25, 0.3) is 5.91 Å². The van der Waals surface area contributed by atoms with E-state index in [2.05, 4.69) is 10.4 Å². The van der Waals surface area contributed by atoms with E-state index in [4.69, 9.17) is 14.7 Å². The maximum atomic E-state index is 12.5. The Balaban J connectivity index is 1.82. The van der Waals surface area contributed by atoms with Crippen LogP contribution in [0.4, 0.5) is 0 Å². The van der Waals surface area contributed by atoms with Crippen LogP contribution in [0.3, 0.4) is 0 Å². The molecule has 3 rings (SSSR count). The molecule has 1 amide bonds. The number of nitriles is 1. The molecule has 0 saturated heterocycles. The minimum atomic E-state index is -0.476. The lowest BCUT2D eigenvalue weighted by Gasteiger charge is -2.13. The molecule has 2 heterocycles. The summed E-state index contributed by atoms with van der Waals surface area (Å²) in [5, 5.41) is 15.5. The van der Waals surface area contributed by atoms with Crippen LogP contribution in [0.15, 0.2) is 41.3 Å². The first-order valence-corrected chi connectivity index (χ1v) is 8.03. The number of benzene rings is 1. The van der Waals surface area contributed by atoms with Crippen molar-refractivity contribution in [1.82, 2.24) is 19.5 Å². The van der Waals surface area contributed by atoms with Gasteiger partial charge in [-0.2, -0.15) is 9.94 Å². The third kappa shape index (κ3) is 3.46. The van der Waals surface area contributed by atoms with E-state index in [1.807, 2.05) is 12.1 Å². The number of fused-ring (bicyclic) bond motifs is 1. The van der Waals surface area contributed by atoms with Crippen LogP contribution in [0.1, 0.15) is 15.9 Å². The minimum Gasteiger partial charge on any atom is -0.493 e. The fourth-order valence-electron chi connectivity index (χ4n) is 2.69. The van der Waals surface area contributed by atoms with Gasteiger partial charge in [-0.1, -0.05) is 12.1 Å². The highest BCUT2D eigenvalue weighted by Gasteiger charge is 2.13. The molecule has 0 aliphatic rings. The number of amides is 1. The van der Waals surface area contributed by atoms with Crippen molar-refractivity contribution < 1.29 is 14.3 Å². The summed E-state index contributed by atoms with van der Waals surface area (Å²) in [4.78, 5) is 24.7. The van der Waals surface area contributed by atoms with E-state index in [9.17, 15) is 9.59 Å². The van der Waals surface area contributed by atoms with Crippen LogP contribution in [0, 0.1) is 11.3 Å². The van der Waals surface area contributed by atoms with Gasteiger partial charge in [-0.3, -0.25) is 4.79 Å². The Bertz CT molecular complexity index is 1090. The minimum absolute atomic E-state index is 0.155. The molecule has 9 nitrogen and oxygen atoms in total. The van der Waals surface area contributed by atoms with Crippen molar-refractivity contribution in [3.05, 3.63) is 58.1 Å². The molecule has 0 aliphatic heterocycles. The van der Waals surface area contributed by atoms with Gasteiger partial charge in [0.15, 0.2) is 17.1 Å². The summed E-state index contributed by atoms with van der Waals surface area (Å²) in [6.07, 6.45) is 1.40. The summed E-state index contributed by atoms with van der Waals surface area (Å²) in [5.41, 5.74) is 0.935. The smallest absolute Gasteiger partial charge is 0.351 e. The van der Waals surface area contributed by atoms with Gasteiger partial charge >= 0.3 is 5.69 Å². The molecule has 1 N–H and O–H groups in total. The predicted octanol–water partition coefficient (Wildman–Crippen LogP) is 0.967. The van der Waals surface area contributed by atoms with Gasteiger partial charge in [0.2, 0.25) is 0 Å². The topological polar surface area (TPSA) is 111 Å².